The van der Waals surface area contributed by atoms with Gasteiger partial charge in [0.05, 0.1) is 0 Å². The van der Waals surface area contributed by atoms with Crippen LogP contribution in [0.2, 0.25) is 5.02 Å². The second kappa shape index (κ2) is 8.90. The van der Waals surface area contributed by atoms with Gasteiger partial charge in [-0.25, -0.2) is 0 Å². The predicted octanol–water partition coefficient (Wildman–Crippen LogP) is 2.91. The number of carbonyl (C=O) groups excluding carboxylic acids is 1. The Bertz CT molecular complexity index is 466. The van der Waals surface area contributed by atoms with Gasteiger partial charge in [0.25, 0.3) is 5.91 Å². The van der Waals surface area contributed by atoms with Gasteiger partial charge in [-0.1, -0.05) is 24.9 Å². The molecule has 2 unspecified atom stereocenters. The van der Waals surface area contributed by atoms with Crippen LogP contribution in [-0.4, -0.2) is 24.6 Å². The van der Waals surface area contributed by atoms with Gasteiger partial charge >= 0.3 is 0 Å². The van der Waals surface area contributed by atoms with E-state index in [-0.39, 0.29) is 11.9 Å². The van der Waals surface area contributed by atoms with Crippen molar-refractivity contribution in [2.75, 3.05) is 6.54 Å². The third kappa shape index (κ3) is 5.94. The lowest BCUT2D eigenvalue weighted by Crippen LogP contribution is -2.41. The van der Waals surface area contributed by atoms with Gasteiger partial charge in [-0.2, -0.15) is 0 Å². The smallest absolute Gasteiger partial charge is 0.260 e. The number of amides is 1. The molecular formula is C16H25ClN2O2. The number of carbonyl (C=O) groups is 1. The Hall–Kier alpha value is -1.26. The molecule has 0 bridgehead atoms. The molecule has 1 aromatic rings. The molecule has 0 fully saturated rings. The van der Waals surface area contributed by atoms with Crippen LogP contribution in [0, 0.1) is 0 Å². The molecule has 4 nitrogen and oxygen atoms in total. The SMILES string of the molecule is CCCC(C)NC(=O)C(C)Oc1ccc(Cl)cc1CCN. The standard InChI is InChI=1S/C16H25ClN2O2/c1-4-5-11(2)19-16(20)12(3)21-15-7-6-14(17)10-13(15)8-9-18/h6-7,10-12H,4-5,8-9,18H2,1-3H3,(H,19,20). The Labute approximate surface area is 132 Å². The van der Waals surface area contributed by atoms with Gasteiger partial charge in [0.2, 0.25) is 0 Å². The zero-order valence-electron chi connectivity index (χ0n) is 13.0. The van der Waals surface area contributed by atoms with Crippen molar-refractivity contribution in [2.24, 2.45) is 5.73 Å². The van der Waals surface area contributed by atoms with E-state index in [9.17, 15) is 4.79 Å². The Morgan fingerprint density at radius 3 is 2.76 bits per heavy atom. The van der Waals surface area contributed by atoms with E-state index in [1.807, 2.05) is 13.0 Å². The summed E-state index contributed by atoms with van der Waals surface area (Å²) in [4.78, 5) is 12.1. The van der Waals surface area contributed by atoms with Crippen LogP contribution in [0.5, 0.6) is 5.75 Å². The van der Waals surface area contributed by atoms with Crippen molar-refractivity contribution < 1.29 is 9.53 Å². The van der Waals surface area contributed by atoms with Crippen molar-refractivity contribution in [3.63, 3.8) is 0 Å². The van der Waals surface area contributed by atoms with Crippen LogP contribution in [0.15, 0.2) is 18.2 Å². The first-order chi connectivity index (χ1) is 9.97. The van der Waals surface area contributed by atoms with Crippen molar-refractivity contribution in [1.82, 2.24) is 5.32 Å². The van der Waals surface area contributed by atoms with Crippen molar-refractivity contribution in [1.29, 1.82) is 0 Å². The van der Waals surface area contributed by atoms with Gasteiger partial charge in [0.15, 0.2) is 6.10 Å². The van der Waals surface area contributed by atoms with E-state index in [2.05, 4.69) is 12.2 Å². The minimum absolute atomic E-state index is 0.107. The summed E-state index contributed by atoms with van der Waals surface area (Å²) >= 11 is 5.98. The van der Waals surface area contributed by atoms with Crippen LogP contribution in [0.3, 0.4) is 0 Å². The van der Waals surface area contributed by atoms with Gasteiger partial charge in [0, 0.05) is 11.1 Å². The van der Waals surface area contributed by atoms with E-state index in [1.165, 1.54) is 0 Å². The van der Waals surface area contributed by atoms with E-state index < -0.39 is 6.10 Å². The fourth-order valence-corrected chi connectivity index (χ4v) is 2.32. The van der Waals surface area contributed by atoms with Gasteiger partial charge in [-0.05, 0) is 57.0 Å². The molecule has 0 aliphatic rings. The molecule has 0 radical (unpaired) electrons. The Morgan fingerprint density at radius 1 is 1.43 bits per heavy atom. The summed E-state index contributed by atoms with van der Waals surface area (Å²) in [6.07, 6.45) is 2.10. The van der Waals surface area contributed by atoms with Crippen molar-refractivity contribution in [2.45, 2.75) is 52.2 Å². The first-order valence-electron chi connectivity index (χ1n) is 7.43. The minimum atomic E-state index is -0.554. The predicted molar refractivity (Wildman–Crippen MR) is 86.8 cm³/mol. The summed E-state index contributed by atoms with van der Waals surface area (Å²) in [7, 11) is 0. The molecule has 0 saturated carbocycles. The van der Waals surface area contributed by atoms with Crippen molar-refractivity contribution >= 4 is 17.5 Å². The van der Waals surface area contributed by atoms with Crippen LogP contribution in [0.1, 0.15) is 39.2 Å². The summed E-state index contributed by atoms with van der Waals surface area (Å²) in [6.45, 7) is 6.34. The lowest BCUT2D eigenvalue weighted by molar-refractivity contribution is -0.127. The molecular weight excluding hydrogens is 288 g/mol. The first kappa shape index (κ1) is 17.8. The molecule has 0 aliphatic carbocycles. The fraction of sp³-hybridized carbons (Fsp3) is 0.562. The largest absolute Gasteiger partial charge is 0.481 e. The highest BCUT2D eigenvalue weighted by atomic mass is 35.5. The summed E-state index contributed by atoms with van der Waals surface area (Å²) in [5, 5.41) is 3.59. The fourth-order valence-electron chi connectivity index (χ4n) is 2.12. The average molecular weight is 313 g/mol. The number of hydrogen-bond donors (Lipinski definition) is 2. The molecule has 0 saturated heterocycles. The minimum Gasteiger partial charge on any atom is -0.481 e. The van der Waals surface area contributed by atoms with E-state index >= 15 is 0 Å². The molecule has 1 aromatic carbocycles. The molecule has 118 valence electrons. The van der Waals surface area contributed by atoms with E-state index in [0.717, 1.165) is 18.4 Å². The summed E-state index contributed by atoms with van der Waals surface area (Å²) in [6, 6.07) is 5.52. The highest BCUT2D eigenvalue weighted by Crippen LogP contribution is 2.24. The molecule has 0 spiro atoms. The molecule has 0 aromatic heterocycles. The summed E-state index contributed by atoms with van der Waals surface area (Å²) in [5.74, 6) is 0.556. The molecule has 0 heterocycles. The lowest BCUT2D eigenvalue weighted by Gasteiger charge is -2.20. The Morgan fingerprint density at radius 2 is 2.14 bits per heavy atom. The van der Waals surface area contributed by atoms with Crippen molar-refractivity contribution in [3.8, 4) is 5.75 Å². The van der Waals surface area contributed by atoms with Gasteiger partial charge in [-0.3, -0.25) is 4.79 Å². The number of halogens is 1. The number of rotatable bonds is 8. The number of ether oxygens (including phenoxy) is 1. The molecule has 21 heavy (non-hydrogen) atoms. The second-order valence-electron chi connectivity index (χ2n) is 5.25. The maximum Gasteiger partial charge on any atom is 0.260 e. The van der Waals surface area contributed by atoms with Crippen molar-refractivity contribution in [3.05, 3.63) is 28.8 Å². The monoisotopic (exact) mass is 312 g/mol. The quantitative estimate of drug-likeness (QED) is 0.775. The number of benzene rings is 1. The van der Waals surface area contributed by atoms with Crippen LogP contribution in [0.25, 0.3) is 0 Å². The average Bonchev–Trinajstić information content (AvgIpc) is 2.42. The molecule has 1 rings (SSSR count). The molecule has 0 aliphatic heterocycles. The highest BCUT2D eigenvalue weighted by molar-refractivity contribution is 6.30. The van der Waals surface area contributed by atoms with E-state index in [1.54, 1.807) is 19.1 Å². The summed E-state index contributed by atoms with van der Waals surface area (Å²) in [5.41, 5.74) is 6.51. The molecule has 1 amide bonds. The van der Waals surface area contributed by atoms with Crippen LogP contribution in [0.4, 0.5) is 0 Å². The first-order valence-corrected chi connectivity index (χ1v) is 7.81. The Balaban J connectivity index is 2.69. The van der Waals surface area contributed by atoms with Crippen LogP contribution >= 0.6 is 11.6 Å². The third-order valence-electron chi connectivity index (χ3n) is 3.22. The zero-order valence-corrected chi connectivity index (χ0v) is 13.7. The Kier molecular flexibility index (Phi) is 7.54. The van der Waals surface area contributed by atoms with E-state index in [4.69, 9.17) is 22.1 Å². The van der Waals surface area contributed by atoms with Gasteiger partial charge < -0.3 is 15.8 Å². The van der Waals surface area contributed by atoms with Gasteiger partial charge in [0.1, 0.15) is 5.75 Å². The lowest BCUT2D eigenvalue weighted by atomic mass is 10.1. The number of hydrogen-bond acceptors (Lipinski definition) is 3. The van der Waals surface area contributed by atoms with Crippen LogP contribution < -0.4 is 15.8 Å². The summed E-state index contributed by atoms with van der Waals surface area (Å²) < 4.78 is 5.77. The van der Waals surface area contributed by atoms with E-state index in [0.29, 0.717) is 23.7 Å². The zero-order chi connectivity index (χ0) is 15.8. The maximum absolute atomic E-state index is 12.1. The topological polar surface area (TPSA) is 64.3 Å². The maximum atomic E-state index is 12.1. The third-order valence-corrected chi connectivity index (χ3v) is 3.45. The molecule has 5 heteroatoms. The molecule has 2 atom stereocenters. The van der Waals surface area contributed by atoms with Gasteiger partial charge in [-0.15, -0.1) is 0 Å². The second-order valence-corrected chi connectivity index (χ2v) is 5.69. The number of nitrogens with one attached hydrogen (secondary N) is 1. The molecule has 3 N–H and O–H groups in total. The van der Waals surface area contributed by atoms with Crippen LogP contribution in [-0.2, 0) is 11.2 Å². The number of nitrogens with two attached hydrogens (primary N) is 1. The highest BCUT2D eigenvalue weighted by Gasteiger charge is 2.18. The normalized spacial score (nSPS) is 13.6.